The Morgan fingerprint density at radius 3 is 1.72 bits per heavy atom. The molecule has 6 aromatic carbocycles. The zero-order valence-corrected chi connectivity index (χ0v) is 22.6. The smallest absolute Gasteiger partial charge is 0.164 e. The highest BCUT2D eigenvalue weighted by molar-refractivity contribution is 6.10. The fourth-order valence-electron chi connectivity index (χ4n) is 5.26. The lowest BCUT2D eigenvalue weighted by Crippen LogP contribution is -2.01. The van der Waals surface area contributed by atoms with Crippen molar-refractivity contribution in [2.24, 2.45) is 0 Å². The molecule has 202 valence electrons. The predicted molar refractivity (Wildman–Crippen MR) is 176 cm³/mol. The van der Waals surface area contributed by atoms with E-state index in [2.05, 4.69) is 0 Å². The molecule has 0 aliphatic rings. The Morgan fingerprint density at radius 1 is 0.419 bits per heavy atom. The van der Waals surface area contributed by atoms with Gasteiger partial charge in [0.1, 0.15) is 0 Å². The summed E-state index contributed by atoms with van der Waals surface area (Å²) in [5.74, 6) is 1.38. The van der Waals surface area contributed by atoms with Crippen LogP contribution < -0.4 is 0 Å². The molecular formula is C39H26N4. The first-order valence-electron chi connectivity index (χ1n) is 18.1. The van der Waals surface area contributed by atoms with E-state index >= 15 is 0 Å². The van der Waals surface area contributed by atoms with Crippen LogP contribution in [0.1, 0.15) is 12.3 Å². The molecule has 0 amide bonds. The number of para-hydroxylation sites is 1. The zero-order valence-electron chi connectivity index (χ0n) is 31.6. The summed E-state index contributed by atoms with van der Waals surface area (Å²) in [6.07, 6.45) is 0. The van der Waals surface area contributed by atoms with E-state index in [0.717, 1.165) is 11.1 Å². The zero-order chi connectivity index (χ0) is 36.4. The molecule has 0 aliphatic carbocycles. The van der Waals surface area contributed by atoms with Crippen LogP contribution in [0.4, 0.5) is 0 Å². The van der Waals surface area contributed by atoms with E-state index < -0.39 is 30.2 Å². The highest BCUT2D eigenvalue weighted by Gasteiger charge is 2.16. The minimum absolute atomic E-state index is 0.00471. The maximum absolute atomic E-state index is 9.00. The Morgan fingerprint density at radius 2 is 1.02 bits per heavy atom. The van der Waals surface area contributed by atoms with Crippen LogP contribution in [0.15, 0.2) is 158 Å². The summed E-state index contributed by atoms with van der Waals surface area (Å²) in [5, 5.41) is 0.660. The summed E-state index contributed by atoms with van der Waals surface area (Å²) < 4.78 is 78.2. The van der Waals surface area contributed by atoms with Crippen molar-refractivity contribution in [3.05, 3.63) is 158 Å². The fraction of sp³-hybridized carbons (Fsp3) is 0. The second-order valence-corrected chi connectivity index (χ2v) is 9.88. The summed E-state index contributed by atoms with van der Waals surface area (Å²) in [6.45, 7) is 0. The molecule has 0 spiro atoms. The molecule has 0 saturated heterocycles. The van der Waals surface area contributed by atoms with Crippen molar-refractivity contribution in [1.82, 2.24) is 19.5 Å². The molecule has 0 radical (unpaired) electrons. The lowest BCUT2D eigenvalue weighted by atomic mass is 10.0. The number of hydrogen-bond donors (Lipinski definition) is 0. The van der Waals surface area contributed by atoms with Gasteiger partial charge in [-0.15, -0.1) is 0 Å². The van der Waals surface area contributed by atoms with Crippen LogP contribution in [0, 0.1) is 0 Å². The molecule has 4 heteroatoms. The van der Waals surface area contributed by atoms with Gasteiger partial charge in [0.25, 0.3) is 0 Å². The van der Waals surface area contributed by atoms with Crippen LogP contribution in [0.3, 0.4) is 0 Å². The lowest BCUT2D eigenvalue weighted by Gasteiger charge is -2.12. The second kappa shape index (κ2) is 10.5. The molecule has 8 rings (SSSR count). The second-order valence-electron chi connectivity index (χ2n) is 9.88. The van der Waals surface area contributed by atoms with Gasteiger partial charge in [0, 0.05) is 33.2 Å². The van der Waals surface area contributed by atoms with E-state index in [1.165, 1.54) is 0 Å². The molecule has 43 heavy (non-hydrogen) atoms. The average Bonchev–Trinajstić information content (AvgIpc) is 3.53. The highest BCUT2D eigenvalue weighted by atomic mass is 15.0. The molecule has 0 saturated carbocycles. The van der Waals surface area contributed by atoms with Crippen LogP contribution in [-0.2, 0) is 0 Å². The largest absolute Gasteiger partial charge is 0.309 e. The topological polar surface area (TPSA) is 43.6 Å². The van der Waals surface area contributed by atoms with E-state index in [4.69, 9.17) is 27.3 Å². The molecule has 2 aromatic heterocycles. The van der Waals surface area contributed by atoms with Crippen molar-refractivity contribution in [2.75, 3.05) is 0 Å². The number of aromatic nitrogens is 4. The van der Waals surface area contributed by atoms with E-state index in [1.807, 2.05) is 84.9 Å². The van der Waals surface area contributed by atoms with Crippen LogP contribution in [0.2, 0.25) is 0 Å². The van der Waals surface area contributed by atoms with Crippen LogP contribution in [0.25, 0.3) is 72.8 Å². The highest BCUT2D eigenvalue weighted by Crippen LogP contribution is 2.36. The van der Waals surface area contributed by atoms with Gasteiger partial charge in [0.2, 0.25) is 0 Å². The minimum Gasteiger partial charge on any atom is -0.309 e. The number of hydrogen-bond acceptors (Lipinski definition) is 3. The van der Waals surface area contributed by atoms with E-state index in [1.54, 1.807) is 22.8 Å². The maximum Gasteiger partial charge on any atom is 0.164 e. The normalized spacial score (nSPS) is 14.2. The number of nitrogens with zero attached hydrogens (tertiary/aromatic N) is 4. The van der Waals surface area contributed by atoms with Crippen molar-refractivity contribution in [1.29, 1.82) is 0 Å². The average molecular weight is 560 g/mol. The Bertz CT molecular complexity index is 2650. The lowest BCUT2D eigenvalue weighted by molar-refractivity contribution is 1.07. The van der Waals surface area contributed by atoms with Crippen molar-refractivity contribution >= 4 is 21.8 Å². The van der Waals surface area contributed by atoms with Crippen LogP contribution in [-0.4, -0.2) is 19.5 Å². The maximum atomic E-state index is 9.00. The summed E-state index contributed by atoms with van der Waals surface area (Å²) in [4.78, 5) is 14.5. The van der Waals surface area contributed by atoms with Gasteiger partial charge in [-0.05, 0) is 41.4 Å². The third kappa shape index (κ3) is 4.55. The number of rotatable bonds is 5. The van der Waals surface area contributed by atoms with Gasteiger partial charge in [-0.3, -0.25) is 0 Å². The Kier molecular flexibility index (Phi) is 4.20. The molecule has 0 bridgehead atoms. The standard InChI is InChI=1S/C39H26N4/c1-4-13-27(14-5-1)30-23-24-36-34(26-30)33-21-10-11-22-35(33)43(36)32-20-12-19-31(25-32)39-41-37(28-15-6-2-7-16-28)40-38(42-39)29-17-8-3-9-18-29/h1-26H/i1D,4D,5D,10D,11D,13D,14D,21D,22D. The molecule has 0 N–H and O–H groups in total. The fourth-order valence-corrected chi connectivity index (χ4v) is 5.26. The molecule has 0 aliphatic heterocycles. The Hall–Kier alpha value is -5.87. The van der Waals surface area contributed by atoms with Gasteiger partial charge >= 0.3 is 0 Å². The summed E-state index contributed by atoms with van der Waals surface area (Å²) in [6, 6.07) is 28.0. The molecular weight excluding hydrogens is 524 g/mol. The van der Waals surface area contributed by atoms with Crippen molar-refractivity contribution < 1.29 is 12.3 Å². The molecule has 0 atom stereocenters. The summed E-state index contributed by atoms with van der Waals surface area (Å²) in [7, 11) is 0. The van der Waals surface area contributed by atoms with E-state index in [9.17, 15) is 0 Å². The van der Waals surface area contributed by atoms with Gasteiger partial charge in [-0.2, -0.15) is 0 Å². The first-order valence-corrected chi connectivity index (χ1v) is 13.6. The van der Waals surface area contributed by atoms with E-state index in [0.29, 0.717) is 45.2 Å². The van der Waals surface area contributed by atoms with Gasteiger partial charge in [-0.25, -0.2) is 15.0 Å². The van der Waals surface area contributed by atoms with Crippen LogP contribution in [0.5, 0.6) is 0 Å². The minimum atomic E-state index is -0.504. The number of benzene rings is 6. The first-order chi connectivity index (χ1) is 25.0. The molecule has 8 aromatic rings. The predicted octanol–water partition coefficient (Wildman–Crippen LogP) is 9.64. The quantitative estimate of drug-likeness (QED) is 0.211. The van der Waals surface area contributed by atoms with Crippen molar-refractivity contribution in [3.63, 3.8) is 0 Å². The molecule has 0 unspecified atom stereocenters. The first kappa shape index (κ1) is 17.2. The van der Waals surface area contributed by atoms with E-state index in [-0.39, 0.29) is 40.6 Å². The summed E-state index contributed by atoms with van der Waals surface area (Å²) >= 11 is 0. The monoisotopic (exact) mass is 559 g/mol. The molecule has 4 nitrogen and oxygen atoms in total. The van der Waals surface area contributed by atoms with Gasteiger partial charge in [0.15, 0.2) is 17.5 Å². The number of fused-ring (bicyclic) bond motifs is 3. The van der Waals surface area contributed by atoms with Crippen LogP contribution >= 0.6 is 0 Å². The Balaban J connectivity index is 1.38. The Labute approximate surface area is 262 Å². The summed E-state index contributed by atoms with van der Waals surface area (Å²) in [5.41, 5.74) is 3.90. The van der Waals surface area contributed by atoms with Gasteiger partial charge in [-0.1, -0.05) is 127 Å². The van der Waals surface area contributed by atoms with Crippen molar-refractivity contribution in [3.8, 4) is 51.0 Å². The molecule has 2 heterocycles. The SMILES string of the molecule is [2H]c1c([2H])c([2H])c(-c2ccc3c(c2)c2c([2H])c([2H])c([2H])c([2H])c2n3-c2cccc(-c3nc(-c4ccccc4)nc(-c4ccccc4)n3)c2)c([2H])c1[2H]. The molecule has 0 fully saturated rings. The third-order valence-corrected chi connectivity index (χ3v) is 7.25. The van der Waals surface area contributed by atoms with Gasteiger partial charge < -0.3 is 4.57 Å². The van der Waals surface area contributed by atoms with Gasteiger partial charge in [0.05, 0.1) is 23.4 Å². The van der Waals surface area contributed by atoms with Crippen molar-refractivity contribution in [2.45, 2.75) is 0 Å². The third-order valence-electron chi connectivity index (χ3n) is 7.25.